The maximum absolute atomic E-state index is 14.7. The van der Waals surface area contributed by atoms with Crippen LogP contribution in [0.3, 0.4) is 0 Å². The molecule has 10 heteroatoms. The first-order valence-corrected chi connectivity index (χ1v) is 18.7. The lowest BCUT2D eigenvalue weighted by molar-refractivity contribution is -0.143. The normalized spacial score (nSPS) is 23.7. The number of rotatable bonds is 14. The fourth-order valence-electron chi connectivity index (χ4n) is 8.43. The van der Waals surface area contributed by atoms with Crippen LogP contribution in [0.2, 0.25) is 0 Å². The van der Waals surface area contributed by atoms with E-state index in [4.69, 9.17) is 5.73 Å². The summed E-state index contributed by atoms with van der Waals surface area (Å²) < 4.78 is 0. The number of nitrogens with two attached hydrogens (primary N) is 1. The predicted octanol–water partition coefficient (Wildman–Crippen LogP) is 4.95. The van der Waals surface area contributed by atoms with Gasteiger partial charge >= 0.3 is 6.03 Å². The van der Waals surface area contributed by atoms with Crippen molar-refractivity contribution < 1.29 is 24.0 Å². The smallest absolute Gasteiger partial charge is 0.315 e. The van der Waals surface area contributed by atoms with Crippen LogP contribution in [0.5, 0.6) is 0 Å². The highest BCUT2D eigenvalue weighted by molar-refractivity contribution is 6.37. The first kappa shape index (κ1) is 36.6. The molecule has 1 aromatic carbocycles. The van der Waals surface area contributed by atoms with Crippen LogP contribution < -0.4 is 21.7 Å². The highest BCUT2D eigenvalue weighted by atomic mass is 16.2. The number of urea groups is 1. The Balaban J connectivity index is 1.38. The van der Waals surface area contributed by atoms with Crippen molar-refractivity contribution in [3.05, 3.63) is 48.0 Å². The number of carbonyl (C=O) groups is 5. The molecule has 4 fully saturated rings. The molecule has 1 unspecified atom stereocenters. The third-order valence-corrected chi connectivity index (χ3v) is 11.5. The molecule has 1 aromatic rings. The Labute approximate surface area is 291 Å². The van der Waals surface area contributed by atoms with E-state index in [1.54, 1.807) is 4.90 Å². The Hall–Kier alpha value is -3.69. The summed E-state index contributed by atoms with van der Waals surface area (Å²) in [5.41, 5.74) is 7.08. The zero-order chi connectivity index (χ0) is 35.1. The molecule has 1 saturated heterocycles. The van der Waals surface area contributed by atoms with Crippen molar-refractivity contribution in [3.63, 3.8) is 0 Å². The molecule has 268 valence electrons. The van der Waals surface area contributed by atoms with Crippen molar-refractivity contribution in [2.75, 3.05) is 6.54 Å². The molecule has 3 aliphatic carbocycles. The molecule has 5 N–H and O–H groups in total. The second kappa shape index (κ2) is 16.3. The summed E-state index contributed by atoms with van der Waals surface area (Å²) >= 11 is 0. The van der Waals surface area contributed by atoms with Gasteiger partial charge in [-0.25, -0.2) is 4.79 Å². The molecule has 1 heterocycles. The van der Waals surface area contributed by atoms with E-state index in [1.807, 2.05) is 32.0 Å². The van der Waals surface area contributed by atoms with Crippen molar-refractivity contribution in [1.29, 1.82) is 0 Å². The van der Waals surface area contributed by atoms with Gasteiger partial charge < -0.3 is 26.6 Å². The summed E-state index contributed by atoms with van der Waals surface area (Å²) in [5, 5.41) is 9.31. The molecule has 10 nitrogen and oxygen atoms in total. The maximum Gasteiger partial charge on any atom is 0.315 e. The van der Waals surface area contributed by atoms with Crippen LogP contribution in [0.1, 0.15) is 109 Å². The minimum absolute atomic E-state index is 0.0569. The van der Waals surface area contributed by atoms with E-state index in [2.05, 4.69) is 34.7 Å². The molecule has 0 spiro atoms. The van der Waals surface area contributed by atoms with E-state index >= 15 is 0 Å². The molecule has 5 amide bonds. The monoisotopic (exact) mass is 675 g/mol. The van der Waals surface area contributed by atoms with Gasteiger partial charge in [0.05, 0.1) is 6.04 Å². The minimum atomic E-state index is -1.08. The van der Waals surface area contributed by atoms with E-state index in [9.17, 15) is 24.0 Å². The number of ketones is 1. The van der Waals surface area contributed by atoms with Gasteiger partial charge in [0, 0.05) is 12.1 Å². The van der Waals surface area contributed by atoms with E-state index in [1.165, 1.54) is 5.56 Å². The zero-order valence-electron chi connectivity index (χ0n) is 29.5. The number of carbonyl (C=O) groups excluding carboxylic acids is 5. The van der Waals surface area contributed by atoms with Gasteiger partial charge in [0.25, 0.3) is 5.91 Å². The third kappa shape index (κ3) is 9.51. The van der Waals surface area contributed by atoms with Gasteiger partial charge in [-0.3, -0.25) is 19.2 Å². The molecular weight excluding hydrogens is 618 g/mol. The Morgan fingerprint density at radius 1 is 0.918 bits per heavy atom. The van der Waals surface area contributed by atoms with Crippen LogP contribution in [0.25, 0.3) is 0 Å². The van der Waals surface area contributed by atoms with Gasteiger partial charge in [-0.2, -0.15) is 0 Å². The van der Waals surface area contributed by atoms with Gasteiger partial charge in [0.1, 0.15) is 12.1 Å². The Bertz CT molecular complexity index is 1360. The van der Waals surface area contributed by atoms with Crippen molar-refractivity contribution in [2.24, 2.45) is 29.4 Å². The number of hydrogen-bond acceptors (Lipinski definition) is 5. The van der Waals surface area contributed by atoms with Gasteiger partial charge in [-0.05, 0) is 74.2 Å². The van der Waals surface area contributed by atoms with E-state index < -0.39 is 41.3 Å². The van der Waals surface area contributed by atoms with Gasteiger partial charge in [0.15, 0.2) is 0 Å². The summed E-state index contributed by atoms with van der Waals surface area (Å²) in [4.78, 5) is 68.9. The first-order chi connectivity index (χ1) is 23.5. The van der Waals surface area contributed by atoms with Crippen molar-refractivity contribution in [2.45, 2.75) is 134 Å². The van der Waals surface area contributed by atoms with Crippen molar-refractivity contribution in [3.8, 4) is 0 Å². The van der Waals surface area contributed by atoms with Gasteiger partial charge in [-0.15, -0.1) is 0 Å². The average Bonchev–Trinajstić information content (AvgIpc) is 3.80. The van der Waals surface area contributed by atoms with Crippen LogP contribution in [-0.2, 0) is 25.6 Å². The second-order valence-electron chi connectivity index (χ2n) is 15.6. The topological polar surface area (TPSA) is 151 Å². The number of amides is 5. The van der Waals surface area contributed by atoms with Crippen LogP contribution in [0.15, 0.2) is 42.5 Å². The number of hydrogen-bond donors (Lipinski definition) is 4. The lowest BCUT2D eigenvalue weighted by Gasteiger charge is -2.40. The maximum atomic E-state index is 14.7. The van der Waals surface area contributed by atoms with Gasteiger partial charge in [-0.1, -0.05) is 108 Å². The number of primary amides is 1. The molecule has 4 aliphatic rings. The molecule has 0 bridgehead atoms. The summed E-state index contributed by atoms with van der Waals surface area (Å²) in [6.07, 6.45) is 12.9. The Morgan fingerprint density at radius 3 is 2.18 bits per heavy atom. The SMILES string of the molecule is C=C(C(C)C)[C@@H]1C[C@@H](C(=O)NC(CC2CC2)C(=O)C(N)=O)N(C(=O)[C@@H](NC(=O)NC2(Cc3ccccc3)CCCCC2)C2CCCCC2)C1. The molecular formula is C39H57N5O5. The Morgan fingerprint density at radius 2 is 1.57 bits per heavy atom. The van der Waals surface area contributed by atoms with Crippen molar-refractivity contribution >= 4 is 29.5 Å². The number of likely N-dealkylation sites (tertiary alicyclic amines) is 1. The van der Waals surface area contributed by atoms with Gasteiger partial charge in [0.2, 0.25) is 17.6 Å². The molecule has 0 radical (unpaired) electrons. The predicted molar refractivity (Wildman–Crippen MR) is 189 cm³/mol. The highest BCUT2D eigenvalue weighted by Crippen LogP contribution is 2.37. The number of benzene rings is 1. The lowest BCUT2D eigenvalue weighted by atomic mass is 9.77. The second-order valence-corrected chi connectivity index (χ2v) is 15.6. The summed E-state index contributed by atoms with van der Waals surface area (Å²) in [7, 11) is 0. The van der Waals surface area contributed by atoms with E-state index in [0.29, 0.717) is 19.4 Å². The third-order valence-electron chi connectivity index (χ3n) is 11.5. The quantitative estimate of drug-likeness (QED) is 0.163. The molecule has 5 rings (SSSR count). The minimum Gasteiger partial charge on any atom is -0.363 e. The van der Waals surface area contributed by atoms with E-state index in [-0.39, 0.29) is 35.6 Å². The van der Waals surface area contributed by atoms with Crippen LogP contribution >= 0.6 is 0 Å². The number of Topliss-reactive ketones (excluding diaryl/α,β-unsaturated/α-hetero) is 1. The summed E-state index contributed by atoms with van der Waals surface area (Å²) in [5.74, 6) is -2.40. The van der Waals surface area contributed by atoms with E-state index in [0.717, 1.165) is 89.0 Å². The van der Waals surface area contributed by atoms with Crippen LogP contribution in [0, 0.1) is 23.7 Å². The average molecular weight is 676 g/mol. The molecule has 0 aromatic heterocycles. The standard InChI is InChI=1S/C39H57N5O5/c1-25(2)26(3)30-22-32(36(47)41-31(21-27-17-18-27)34(45)35(40)46)44(24-30)37(48)33(29-15-9-5-10-16-29)42-38(49)43-39(19-11-6-12-20-39)23-28-13-7-4-8-14-28/h4,7-8,13-14,25,27,29-33H,3,5-6,9-12,15-24H2,1-2H3,(H2,40,46)(H,41,47)(H2,42,43,49)/t30-,31?,32+,33+/m1/s1. The van der Waals surface area contributed by atoms with Crippen LogP contribution in [0.4, 0.5) is 4.79 Å². The lowest BCUT2D eigenvalue weighted by Crippen LogP contribution is -2.61. The highest BCUT2D eigenvalue weighted by Gasteiger charge is 2.46. The molecule has 1 aliphatic heterocycles. The largest absolute Gasteiger partial charge is 0.363 e. The fourth-order valence-corrected chi connectivity index (χ4v) is 8.43. The van der Waals surface area contributed by atoms with Crippen molar-refractivity contribution in [1.82, 2.24) is 20.9 Å². The molecule has 4 atom stereocenters. The summed E-state index contributed by atoms with van der Waals surface area (Å²) in [6, 6.07) is 7.19. The number of nitrogens with zero attached hydrogens (tertiary/aromatic N) is 1. The molecule has 3 saturated carbocycles. The summed E-state index contributed by atoms with van der Waals surface area (Å²) in [6.45, 7) is 8.71. The Kier molecular flexibility index (Phi) is 12.2. The zero-order valence-corrected chi connectivity index (χ0v) is 29.5. The number of nitrogens with one attached hydrogen (secondary N) is 3. The first-order valence-electron chi connectivity index (χ1n) is 18.7. The molecule has 49 heavy (non-hydrogen) atoms. The van der Waals surface area contributed by atoms with Crippen LogP contribution in [-0.4, -0.2) is 64.6 Å². The fraction of sp³-hybridized carbons (Fsp3) is 0.667.